The normalized spacial score (nSPS) is 29.9. The maximum atomic E-state index is 12.5. The molecule has 4 nitrogen and oxygen atoms in total. The van der Waals surface area contributed by atoms with E-state index in [2.05, 4.69) is 4.72 Å². The van der Waals surface area contributed by atoms with Crippen LogP contribution in [0.3, 0.4) is 0 Å². The van der Waals surface area contributed by atoms with Gasteiger partial charge in [0.2, 0.25) is 10.0 Å². The van der Waals surface area contributed by atoms with Gasteiger partial charge in [0.05, 0.1) is 0 Å². The average molecular weight is 329 g/mol. The second-order valence-corrected chi connectivity index (χ2v) is 9.62. The summed E-state index contributed by atoms with van der Waals surface area (Å²) in [5.41, 5.74) is 5.52. The first-order chi connectivity index (χ1) is 9.99. The van der Waals surface area contributed by atoms with Gasteiger partial charge in [-0.05, 0) is 69.0 Å². The third-order valence-corrected chi connectivity index (χ3v) is 8.26. The summed E-state index contributed by atoms with van der Waals surface area (Å²) in [6, 6.07) is 3.60. The standard InChI is InChI=1S/C15H24N2O2S2/c1-10(14-9-11-2-3-12(14)8-11)17-21(18,19)15-5-4-13(20-15)6-7-16/h4-5,10-12,14,17H,2-3,6-9,16H2,1H3. The highest BCUT2D eigenvalue weighted by molar-refractivity contribution is 7.91. The number of fused-ring (bicyclic) bond motifs is 2. The second kappa shape index (κ2) is 5.99. The molecule has 1 aromatic heterocycles. The number of sulfonamides is 1. The fraction of sp³-hybridized carbons (Fsp3) is 0.733. The van der Waals surface area contributed by atoms with Crippen LogP contribution in [-0.4, -0.2) is 21.0 Å². The van der Waals surface area contributed by atoms with E-state index in [0.717, 1.165) is 23.1 Å². The zero-order chi connectivity index (χ0) is 15.0. The van der Waals surface area contributed by atoms with Crippen molar-refractivity contribution in [2.45, 2.75) is 49.3 Å². The van der Waals surface area contributed by atoms with Crippen LogP contribution < -0.4 is 10.5 Å². The lowest BCUT2D eigenvalue weighted by molar-refractivity contribution is 0.280. The summed E-state index contributed by atoms with van der Waals surface area (Å²) < 4.78 is 28.3. The van der Waals surface area contributed by atoms with E-state index in [1.54, 1.807) is 6.07 Å². The number of thiophene rings is 1. The molecule has 1 aromatic rings. The number of hydrogen-bond donors (Lipinski definition) is 2. The Morgan fingerprint density at radius 3 is 2.81 bits per heavy atom. The van der Waals surface area contributed by atoms with E-state index in [0.29, 0.717) is 16.7 Å². The van der Waals surface area contributed by atoms with E-state index in [1.807, 2.05) is 13.0 Å². The van der Waals surface area contributed by atoms with E-state index in [4.69, 9.17) is 5.73 Å². The maximum Gasteiger partial charge on any atom is 0.250 e. The van der Waals surface area contributed by atoms with Gasteiger partial charge < -0.3 is 5.73 Å². The smallest absolute Gasteiger partial charge is 0.250 e. The molecule has 2 aliphatic rings. The van der Waals surface area contributed by atoms with Crippen LogP contribution >= 0.6 is 11.3 Å². The van der Waals surface area contributed by atoms with Gasteiger partial charge >= 0.3 is 0 Å². The summed E-state index contributed by atoms with van der Waals surface area (Å²) in [5, 5.41) is 0. The molecule has 0 spiro atoms. The first kappa shape index (κ1) is 15.5. The molecule has 4 atom stereocenters. The van der Waals surface area contributed by atoms with Crippen molar-refractivity contribution in [2.75, 3.05) is 6.54 Å². The Kier molecular flexibility index (Phi) is 4.41. The van der Waals surface area contributed by atoms with Gasteiger partial charge in [0, 0.05) is 10.9 Å². The molecule has 3 rings (SSSR count). The van der Waals surface area contributed by atoms with Gasteiger partial charge in [0.1, 0.15) is 4.21 Å². The minimum Gasteiger partial charge on any atom is -0.330 e. The van der Waals surface area contributed by atoms with Crippen molar-refractivity contribution >= 4 is 21.4 Å². The van der Waals surface area contributed by atoms with Crippen LogP contribution in [0.1, 0.15) is 37.5 Å². The van der Waals surface area contributed by atoms with Gasteiger partial charge in [-0.3, -0.25) is 0 Å². The Hall–Kier alpha value is -0.430. The third-order valence-electron chi connectivity index (χ3n) is 5.07. The van der Waals surface area contributed by atoms with E-state index in [9.17, 15) is 8.42 Å². The van der Waals surface area contributed by atoms with E-state index < -0.39 is 10.0 Å². The highest BCUT2D eigenvalue weighted by Crippen LogP contribution is 2.49. The van der Waals surface area contributed by atoms with Crippen LogP contribution in [0, 0.1) is 17.8 Å². The fourth-order valence-corrected chi connectivity index (χ4v) is 6.76. The van der Waals surface area contributed by atoms with Crippen LogP contribution in [0.2, 0.25) is 0 Å². The van der Waals surface area contributed by atoms with Crippen molar-refractivity contribution in [1.29, 1.82) is 0 Å². The molecule has 4 unspecified atom stereocenters. The van der Waals surface area contributed by atoms with Gasteiger partial charge in [-0.1, -0.05) is 6.42 Å². The summed E-state index contributed by atoms with van der Waals surface area (Å²) in [7, 11) is -3.38. The van der Waals surface area contributed by atoms with Gasteiger partial charge in [-0.2, -0.15) is 0 Å². The van der Waals surface area contributed by atoms with Crippen LogP contribution in [-0.2, 0) is 16.4 Å². The highest BCUT2D eigenvalue weighted by Gasteiger charge is 2.42. The van der Waals surface area contributed by atoms with E-state index >= 15 is 0 Å². The van der Waals surface area contributed by atoms with Crippen molar-refractivity contribution in [3.8, 4) is 0 Å². The molecule has 2 fully saturated rings. The monoisotopic (exact) mass is 328 g/mol. The SMILES string of the molecule is CC(NS(=O)(=O)c1ccc(CCN)s1)C1CC2CCC1C2. The zero-order valence-corrected chi connectivity index (χ0v) is 14.1. The lowest BCUT2D eigenvalue weighted by atomic mass is 9.84. The van der Waals surface area contributed by atoms with Gasteiger partial charge in [0.25, 0.3) is 0 Å². The molecule has 21 heavy (non-hydrogen) atoms. The summed E-state index contributed by atoms with van der Waals surface area (Å²) >= 11 is 1.33. The molecule has 0 amide bonds. The number of nitrogens with one attached hydrogen (secondary N) is 1. The molecule has 0 aliphatic heterocycles. The predicted molar refractivity (Wildman–Crippen MR) is 85.8 cm³/mol. The van der Waals surface area contributed by atoms with Crippen molar-refractivity contribution in [2.24, 2.45) is 23.5 Å². The first-order valence-corrected chi connectivity index (χ1v) is 10.1. The van der Waals surface area contributed by atoms with Crippen LogP contribution in [0.5, 0.6) is 0 Å². The van der Waals surface area contributed by atoms with Crippen LogP contribution in [0.15, 0.2) is 16.3 Å². The molecular weight excluding hydrogens is 304 g/mol. The lowest BCUT2D eigenvalue weighted by Gasteiger charge is -2.28. The number of hydrogen-bond acceptors (Lipinski definition) is 4. The first-order valence-electron chi connectivity index (χ1n) is 7.80. The minimum absolute atomic E-state index is 0.0327. The predicted octanol–water partition coefficient (Wildman–Crippen LogP) is 2.35. The van der Waals surface area contributed by atoms with Crippen LogP contribution in [0.25, 0.3) is 0 Å². The van der Waals surface area contributed by atoms with Gasteiger partial charge in [0.15, 0.2) is 0 Å². The molecule has 0 radical (unpaired) electrons. The Labute approximate surface area is 131 Å². The molecule has 0 saturated heterocycles. The average Bonchev–Trinajstić information content (AvgIpc) is 3.14. The van der Waals surface area contributed by atoms with Crippen LogP contribution in [0.4, 0.5) is 0 Å². The Morgan fingerprint density at radius 1 is 1.38 bits per heavy atom. The van der Waals surface area contributed by atoms with Crippen molar-refractivity contribution in [3.63, 3.8) is 0 Å². The minimum atomic E-state index is -3.38. The highest BCUT2D eigenvalue weighted by atomic mass is 32.2. The molecule has 3 N–H and O–H groups in total. The number of rotatable bonds is 6. The molecule has 2 saturated carbocycles. The Balaban J connectivity index is 1.67. The quantitative estimate of drug-likeness (QED) is 0.842. The lowest BCUT2D eigenvalue weighted by Crippen LogP contribution is -2.39. The van der Waals surface area contributed by atoms with Crippen molar-refractivity contribution in [1.82, 2.24) is 4.72 Å². The molecule has 1 heterocycles. The summed E-state index contributed by atoms with van der Waals surface area (Å²) in [6.07, 6.45) is 5.85. The van der Waals surface area contributed by atoms with Gasteiger partial charge in [-0.15, -0.1) is 11.3 Å². The summed E-state index contributed by atoms with van der Waals surface area (Å²) in [5.74, 6) is 2.08. The zero-order valence-electron chi connectivity index (χ0n) is 12.4. The molecule has 2 aliphatic carbocycles. The maximum absolute atomic E-state index is 12.5. The van der Waals surface area contributed by atoms with Gasteiger partial charge in [-0.25, -0.2) is 13.1 Å². The van der Waals surface area contributed by atoms with E-state index in [1.165, 1.54) is 37.0 Å². The fourth-order valence-electron chi connectivity index (χ4n) is 4.08. The largest absolute Gasteiger partial charge is 0.330 e. The summed E-state index contributed by atoms with van der Waals surface area (Å²) in [4.78, 5) is 1.03. The third kappa shape index (κ3) is 3.18. The Bertz CT molecular complexity index is 597. The van der Waals surface area contributed by atoms with Crippen molar-refractivity contribution in [3.05, 3.63) is 17.0 Å². The Morgan fingerprint density at radius 2 is 2.19 bits per heavy atom. The molecule has 2 bridgehead atoms. The second-order valence-electron chi connectivity index (χ2n) is 6.51. The molecular formula is C15H24N2O2S2. The molecule has 6 heteroatoms. The van der Waals surface area contributed by atoms with Crippen molar-refractivity contribution < 1.29 is 8.42 Å². The summed E-state index contributed by atoms with van der Waals surface area (Å²) in [6.45, 7) is 2.58. The molecule has 118 valence electrons. The number of nitrogens with two attached hydrogens (primary N) is 1. The molecule has 0 aromatic carbocycles. The van der Waals surface area contributed by atoms with E-state index in [-0.39, 0.29) is 6.04 Å². The topological polar surface area (TPSA) is 72.2 Å².